The first-order chi connectivity index (χ1) is 16.1. The number of ether oxygens (including phenoxy) is 1. The van der Waals surface area contributed by atoms with Crippen LogP contribution < -0.4 is 4.74 Å². The fourth-order valence-electron chi connectivity index (χ4n) is 3.68. The number of benzene rings is 4. The van der Waals surface area contributed by atoms with Crippen LogP contribution in [0.4, 0.5) is 0 Å². The lowest BCUT2D eigenvalue weighted by molar-refractivity contribution is 0.0735. The number of hydrogen-bond acceptors (Lipinski definition) is 3. The molecular weight excluding hydrogens is 455 g/mol. The van der Waals surface area contributed by atoms with Gasteiger partial charge in [-0.05, 0) is 60.2 Å². The predicted octanol–water partition coefficient (Wildman–Crippen LogP) is 7.28. The van der Waals surface area contributed by atoms with E-state index < -0.39 is 5.97 Å². The molecule has 0 unspecified atom stereocenters. The van der Waals surface area contributed by atoms with Crippen LogP contribution in [0.2, 0.25) is 10.0 Å². The third kappa shape index (κ3) is 4.49. The topological polar surface area (TPSA) is 44.1 Å². The number of nitrogens with zero attached hydrogens (tertiary/aromatic N) is 2. The zero-order chi connectivity index (χ0) is 22.8. The van der Waals surface area contributed by atoms with Gasteiger partial charge >= 0.3 is 5.97 Å². The Hall–Kier alpha value is -3.60. The van der Waals surface area contributed by atoms with E-state index in [-0.39, 0.29) is 0 Å². The van der Waals surface area contributed by atoms with Crippen LogP contribution in [0.1, 0.15) is 15.9 Å². The number of esters is 1. The third-order valence-corrected chi connectivity index (χ3v) is 6.06. The molecule has 0 aliphatic heterocycles. The fraction of sp³-hybridized carbons (Fsp3) is 0.0370. The van der Waals surface area contributed by atoms with E-state index in [1.165, 1.54) is 11.6 Å². The van der Waals surface area contributed by atoms with Gasteiger partial charge in [0.05, 0.1) is 26.6 Å². The molecule has 4 nitrogen and oxygen atoms in total. The molecule has 4 aromatic carbocycles. The number of carbonyl (C=O) groups is 1. The van der Waals surface area contributed by atoms with Crippen molar-refractivity contribution in [2.75, 3.05) is 0 Å². The number of imidazole rings is 1. The van der Waals surface area contributed by atoms with Crippen LogP contribution in [-0.4, -0.2) is 15.5 Å². The average molecular weight is 473 g/mol. The maximum atomic E-state index is 12.5. The van der Waals surface area contributed by atoms with Crippen LogP contribution in [0.3, 0.4) is 0 Å². The van der Waals surface area contributed by atoms with E-state index in [0.29, 0.717) is 27.9 Å². The van der Waals surface area contributed by atoms with Crippen molar-refractivity contribution in [2.45, 2.75) is 6.54 Å². The van der Waals surface area contributed by atoms with Crippen molar-refractivity contribution < 1.29 is 9.53 Å². The molecule has 5 rings (SSSR count). The number of para-hydroxylation sites is 2. The van der Waals surface area contributed by atoms with E-state index in [4.69, 9.17) is 32.9 Å². The highest BCUT2D eigenvalue weighted by molar-refractivity contribution is 6.42. The van der Waals surface area contributed by atoms with E-state index in [0.717, 1.165) is 22.4 Å². The van der Waals surface area contributed by atoms with Crippen molar-refractivity contribution >= 4 is 40.2 Å². The lowest BCUT2D eigenvalue weighted by Gasteiger charge is -2.10. The maximum Gasteiger partial charge on any atom is 0.343 e. The highest BCUT2D eigenvalue weighted by atomic mass is 35.5. The van der Waals surface area contributed by atoms with Crippen molar-refractivity contribution in [3.05, 3.63) is 118 Å². The van der Waals surface area contributed by atoms with Crippen molar-refractivity contribution in [3.63, 3.8) is 0 Å². The second-order valence-corrected chi connectivity index (χ2v) is 8.35. The highest BCUT2D eigenvalue weighted by Gasteiger charge is 2.14. The van der Waals surface area contributed by atoms with Gasteiger partial charge < -0.3 is 9.30 Å². The second kappa shape index (κ2) is 9.10. The summed E-state index contributed by atoms with van der Waals surface area (Å²) in [6.07, 6.45) is 0. The summed E-state index contributed by atoms with van der Waals surface area (Å²) >= 11 is 11.9. The van der Waals surface area contributed by atoms with Gasteiger partial charge in [-0.3, -0.25) is 0 Å². The Balaban J connectivity index is 1.44. The Labute approximate surface area is 201 Å². The molecule has 0 bridgehead atoms. The molecule has 0 saturated heterocycles. The molecule has 0 atom stereocenters. The van der Waals surface area contributed by atoms with Crippen LogP contribution in [0.5, 0.6) is 5.75 Å². The summed E-state index contributed by atoms with van der Waals surface area (Å²) in [5.41, 5.74) is 4.44. The highest BCUT2D eigenvalue weighted by Crippen LogP contribution is 2.28. The van der Waals surface area contributed by atoms with Gasteiger partial charge in [-0.2, -0.15) is 0 Å². The van der Waals surface area contributed by atoms with E-state index >= 15 is 0 Å². The maximum absolute atomic E-state index is 12.5. The first-order valence-corrected chi connectivity index (χ1v) is 11.1. The Morgan fingerprint density at radius 3 is 2.30 bits per heavy atom. The molecule has 162 valence electrons. The first-order valence-electron chi connectivity index (χ1n) is 10.4. The quantitative estimate of drug-likeness (QED) is 0.199. The minimum Gasteiger partial charge on any atom is -0.423 e. The molecule has 0 fully saturated rings. The molecule has 0 radical (unpaired) electrons. The molecule has 0 saturated carbocycles. The van der Waals surface area contributed by atoms with Crippen LogP contribution in [0.25, 0.3) is 22.4 Å². The monoisotopic (exact) mass is 472 g/mol. The van der Waals surface area contributed by atoms with Gasteiger partial charge in [-0.15, -0.1) is 0 Å². The molecule has 6 heteroatoms. The van der Waals surface area contributed by atoms with E-state index in [1.807, 2.05) is 48.5 Å². The molecule has 0 aliphatic rings. The lowest BCUT2D eigenvalue weighted by atomic mass is 10.2. The molecule has 5 aromatic rings. The van der Waals surface area contributed by atoms with Crippen LogP contribution in [0, 0.1) is 0 Å². The van der Waals surface area contributed by atoms with Gasteiger partial charge in [0.25, 0.3) is 0 Å². The number of aromatic nitrogens is 2. The summed E-state index contributed by atoms with van der Waals surface area (Å²) in [6.45, 7) is 0.699. The molecular formula is C27H18Cl2N2O2. The molecule has 1 heterocycles. The van der Waals surface area contributed by atoms with Gasteiger partial charge in [-0.1, -0.05) is 65.7 Å². The van der Waals surface area contributed by atoms with Gasteiger partial charge in [0.1, 0.15) is 11.6 Å². The van der Waals surface area contributed by atoms with Gasteiger partial charge in [0, 0.05) is 12.1 Å². The summed E-state index contributed by atoms with van der Waals surface area (Å²) in [5.74, 6) is 0.778. The lowest BCUT2D eigenvalue weighted by Crippen LogP contribution is -2.08. The summed E-state index contributed by atoms with van der Waals surface area (Å²) in [7, 11) is 0. The normalized spacial score (nSPS) is 11.0. The van der Waals surface area contributed by atoms with Crippen LogP contribution >= 0.6 is 23.2 Å². The molecule has 0 aliphatic carbocycles. The molecule has 0 N–H and O–H groups in total. The van der Waals surface area contributed by atoms with Crippen molar-refractivity contribution in [3.8, 4) is 17.1 Å². The minimum absolute atomic E-state index is 0.304. The summed E-state index contributed by atoms with van der Waals surface area (Å²) < 4.78 is 7.70. The van der Waals surface area contributed by atoms with Crippen molar-refractivity contribution in [2.24, 2.45) is 0 Å². The Morgan fingerprint density at radius 2 is 1.55 bits per heavy atom. The SMILES string of the molecule is O=C(Oc1ccc(-c2nc3ccccc3n2Cc2ccccc2)cc1)c1ccc(Cl)c(Cl)c1. The first kappa shape index (κ1) is 21.3. The van der Waals surface area contributed by atoms with Gasteiger partial charge in [0.15, 0.2) is 0 Å². The van der Waals surface area contributed by atoms with Gasteiger partial charge in [-0.25, -0.2) is 9.78 Å². The largest absolute Gasteiger partial charge is 0.423 e. The standard InChI is InChI=1S/C27H18Cl2N2O2/c28-22-15-12-20(16-23(22)29)27(32)33-21-13-10-19(11-14-21)26-30-24-8-4-5-9-25(24)31(26)17-18-6-2-1-3-7-18/h1-16H,17H2. The summed E-state index contributed by atoms with van der Waals surface area (Å²) in [4.78, 5) is 17.3. The van der Waals surface area contributed by atoms with Crippen molar-refractivity contribution in [1.29, 1.82) is 0 Å². The fourth-order valence-corrected chi connectivity index (χ4v) is 3.98. The number of fused-ring (bicyclic) bond motifs is 1. The Kier molecular flexibility index (Phi) is 5.86. The van der Waals surface area contributed by atoms with Crippen LogP contribution in [-0.2, 0) is 6.54 Å². The average Bonchev–Trinajstić information content (AvgIpc) is 3.20. The van der Waals surface area contributed by atoms with Crippen molar-refractivity contribution in [1.82, 2.24) is 9.55 Å². The van der Waals surface area contributed by atoms with E-state index in [2.05, 4.69) is 22.8 Å². The molecule has 1 aromatic heterocycles. The number of carbonyl (C=O) groups excluding carboxylic acids is 1. The van der Waals surface area contributed by atoms with E-state index in [1.54, 1.807) is 24.3 Å². The summed E-state index contributed by atoms with van der Waals surface area (Å²) in [6, 6.07) is 30.3. The third-order valence-electron chi connectivity index (χ3n) is 5.32. The summed E-state index contributed by atoms with van der Waals surface area (Å²) in [5, 5.41) is 0.690. The minimum atomic E-state index is -0.502. The molecule has 0 amide bonds. The zero-order valence-electron chi connectivity index (χ0n) is 17.4. The Morgan fingerprint density at radius 1 is 0.818 bits per heavy atom. The van der Waals surface area contributed by atoms with Gasteiger partial charge in [0.2, 0.25) is 0 Å². The smallest absolute Gasteiger partial charge is 0.343 e. The predicted molar refractivity (Wildman–Crippen MR) is 132 cm³/mol. The Bertz CT molecular complexity index is 1440. The molecule has 33 heavy (non-hydrogen) atoms. The van der Waals surface area contributed by atoms with E-state index in [9.17, 15) is 4.79 Å². The number of hydrogen-bond donors (Lipinski definition) is 0. The number of halogens is 2. The zero-order valence-corrected chi connectivity index (χ0v) is 18.9. The number of rotatable bonds is 5. The van der Waals surface area contributed by atoms with Crippen LogP contribution in [0.15, 0.2) is 97.1 Å². The molecule has 0 spiro atoms. The second-order valence-electron chi connectivity index (χ2n) is 7.54.